The van der Waals surface area contributed by atoms with E-state index in [1.807, 2.05) is 69.3 Å². The second-order valence-corrected chi connectivity index (χ2v) is 10.4. The molecule has 3 aromatic carbocycles. The van der Waals surface area contributed by atoms with Crippen LogP contribution in [0.15, 0.2) is 66.7 Å². The molecule has 0 radical (unpaired) electrons. The average Bonchev–Trinajstić information content (AvgIpc) is 2.90. The maximum atomic E-state index is 12.7. The van der Waals surface area contributed by atoms with Gasteiger partial charge in [0.15, 0.2) is 6.10 Å². The van der Waals surface area contributed by atoms with Gasteiger partial charge in [0.2, 0.25) is 0 Å². The second kappa shape index (κ2) is 9.91. The Kier molecular flexibility index (Phi) is 6.63. The number of aryl methyl sites for hydroxylation is 1. The summed E-state index contributed by atoms with van der Waals surface area (Å²) in [6, 6.07) is 19.8. The van der Waals surface area contributed by atoms with Gasteiger partial charge in [-0.25, -0.2) is 14.6 Å². The van der Waals surface area contributed by atoms with E-state index < -0.39 is 23.6 Å². The van der Waals surface area contributed by atoms with Gasteiger partial charge in [0.05, 0.1) is 29.2 Å². The minimum absolute atomic E-state index is 0.143. The zero-order valence-corrected chi connectivity index (χ0v) is 21.5. The number of carboxylic acid groups (broad SMARTS) is 2. The summed E-state index contributed by atoms with van der Waals surface area (Å²) >= 11 is 0. The van der Waals surface area contributed by atoms with Gasteiger partial charge in [-0.1, -0.05) is 36.4 Å². The second-order valence-electron chi connectivity index (χ2n) is 10.4. The largest absolute Gasteiger partial charge is 0.493 e. The van der Waals surface area contributed by atoms with E-state index >= 15 is 0 Å². The number of fused-ring (bicyclic) bond motifs is 2. The summed E-state index contributed by atoms with van der Waals surface area (Å²) in [6.45, 7) is 6.12. The summed E-state index contributed by atoms with van der Waals surface area (Å²) in [6.07, 6.45) is 0.460. The first-order valence-electron chi connectivity index (χ1n) is 12.6. The van der Waals surface area contributed by atoms with Crippen LogP contribution in [0.5, 0.6) is 5.75 Å². The summed E-state index contributed by atoms with van der Waals surface area (Å²) in [5, 5.41) is 21.3. The Balaban J connectivity index is 1.85. The van der Waals surface area contributed by atoms with Crippen LogP contribution in [0.4, 0.5) is 0 Å². The molecule has 0 spiro atoms. The smallest absolute Gasteiger partial charge is 0.337 e. The summed E-state index contributed by atoms with van der Waals surface area (Å²) in [5.74, 6) is -1.33. The average molecular weight is 512 g/mol. The molecule has 0 saturated carbocycles. The first kappa shape index (κ1) is 25.4. The highest BCUT2D eigenvalue weighted by atomic mass is 16.5. The van der Waals surface area contributed by atoms with Crippen LogP contribution in [0.1, 0.15) is 54.8 Å². The molecule has 0 amide bonds. The maximum absolute atomic E-state index is 12.7. The van der Waals surface area contributed by atoms with E-state index in [1.54, 1.807) is 12.1 Å². The number of rotatable bonds is 6. The standard InChI is InChI=1S/C31H29NO6/c1-31(2,3)38-28(30(35)36)25-22-11-4-5-12-23(22)26(19-8-6-9-21(17-19)29(33)34)32-27(25)20-13-14-24-18(16-20)10-7-15-37-24/h4-6,8-9,11-14,16-17,28H,7,10,15H2,1-3H3,(H,33,34)(H,35,36). The predicted octanol–water partition coefficient (Wildman–Crippen LogP) is 6.53. The van der Waals surface area contributed by atoms with Gasteiger partial charge >= 0.3 is 11.9 Å². The van der Waals surface area contributed by atoms with Crippen LogP contribution in [0.3, 0.4) is 0 Å². The summed E-state index contributed by atoms with van der Waals surface area (Å²) < 4.78 is 11.9. The van der Waals surface area contributed by atoms with Crippen molar-refractivity contribution >= 4 is 22.7 Å². The lowest BCUT2D eigenvalue weighted by Crippen LogP contribution is -2.28. The molecule has 4 aromatic rings. The summed E-state index contributed by atoms with van der Waals surface area (Å²) in [7, 11) is 0. The summed E-state index contributed by atoms with van der Waals surface area (Å²) in [5.41, 5.74) is 3.31. The number of pyridine rings is 1. The van der Waals surface area contributed by atoms with Crippen molar-refractivity contribution in [3.8, 4) is 28.3 Å². The Morgan fingerprint density at radius 3 is 2.37 bits per heavy atom. The predicted molar refractivity (Wildman–Crippen MR) is 145 cm³/mol. The Hall–Kier alpha value is -4.23. The van der Waals surface area contributed by atoms with E-state index in [9.17, 15) is 19.8 Å². The highest BCUT2D eigenvalue weighted by molar-refractivity contribution is 6.02. The lowest BCUT2D eigenvalue weighted by Gasteiger charge is -2.28. The molecule has 0 aliphatic carbocycles. The number of aliphatic carboxylic acids is 1. The quantitative estimate of drug-likeness (QED) is 0.303. The van der Waals surface area contributed by atoms with Crippen molar-refractivity contribution in [2.45, 2.75) is 45.3 Å². The van der Waals surface area contributed by atoms with E-state index in [2.05, 4.69) is 0 Å². The molecule has 0 saturated heterocycles. The van der Waals surface area contributed by atoms with Crippen LogP contribution in [0.2, 0.25) is 0 Å². The zero-order chi connectivity index (χ0) is 27.0. The molecular weight excluding hydrogens is 482 g/mol. The Labute approximate surface area is 220 Å². The number of hydrogen-bond donors (Lipinski definition) is 2. The number of benzene rings is 3. The van der Waals surface area contributed by atoms with Gasteiger partial charge < -0.3 is 19.7 Å². The minimum atomic E-state index is -1.28. The fraction of sp³-hybridized carbons (Fsp3) is 0.258. The third-order valence-corrected chi connectivity index (χ3v) is 6.47. The highest BCUT2D eigenvalue weighted by Gasteiger charge is 2.32. The van der Waals surface area contributed by atoms with Crippen molar-refractivity contribution < 1.29 is 29.3 Å². The summed E-state index contributed by atoms with van der Waals surface area (Å²) in [4.78, 5) is 29.4. The van der Waals surface area contributed by atoms with E-state index in [0.717, 1.165) is 29.7 Å². The van der Waals surface area contributed by atoms with Crippen molar-refractivity contribution in [2.24, 2.45) is 0 Å². The molecule has 194 valence electrons. The molecule has 1 aromatic heterocycles. The third-order valence-electron chi connectivity index (χ3n) is 6.47. The molecule has 1 aliphatic rings. The third kappa shape index (κ3) is 4.97. The van der Waals surface area contributed by atoms with Gasteiger partial charge in [-0.15, -0.1) is 0 Å². The van der Waals surface area contributed by atoms with Crippen LogP contribution in [-0.4, -0.2) is 39.3 Å². The molecule has 2 N–H and O–H groups in total. The lowest BCUT2D eigenvalue weighted by atomic mass is 9.91. The van der Waals surface area contributed by atoms with Crippen molar-refractivity contribution in [2.75, 3.05) is 6.61 Å². The normalized spacial score (nSPS) is 14.0. The number of carboxylic acids is 2. The molecular formula is C31H29NO6. The first-order valence-corrected chi connectivity index (χ1v) is 12.6. The molecule has 7 heteroatoms. The Bertz CT molecular complexity index is 1550. The number of aromatic carboxylic acids is 1. The van der Waals surface area contributed by atoms with Crippen molar-refractivity contribution in [3.05, 3.63) is 83.4 Å². The van der Waals surface area contributed by atoms with E-state index in [4.69, 9.17) is 14.5 Å². The molecule has 38 heavy (non-hydrogen) atoms. The van der Waals surface area contributed by atoms with Gasteiger partial charge in [-0.05, 0) is 74.9 Å². The minimum Gasteiger partial charge on any atom is -0.493 e. The molecule has 7 nitrogen and oxygen atoms in total. The monoisotopic (exact) mass is 511 g/mol. The van der Waals surface area contributed by atoms with E-state index in [0.29, 0.717) is 39.9 Å². The van der Waals surface area contributed by atoms with Crippen molar-refractivity contribution in [1.82, 2.24) is 4.98 Å². The number of hydrogen-bond acceptors (Lipinski definition) is 5. The topological polar surface area (TPSA) is 106 Å². The first-order chi connectivity index (χ1) is 18.1. The molecule has 0 fully saturated rings. The number of nitrogens with zero attached hydrogens (tertiary/aromatic N) is 1. The molecule has 0 bridgehead atoms. The van der Waals surface area contributed by atoms with E-state index in [1.165, 1.54) is 6.07 Å². The fourth-order valence-corrected chi connectivity index (χ4v) is 4.88. The van der Waals surface area contributed by atoms with Crippen molar-refractivity contribution in [1.29, 1.82) is 0 Å². The Morgan fingerprint density at radius 1 is 0.921 bits per heavy atom. The maximum Gasteiger partial charge on any atom is 0.337 e. The highest BCUT2D eigenvalue weighted by Crippen LogP contribution is 2.42. The molecule has 1 aliphatic heterocycles. The van der Waals surface area contributed by atoms with Crippen molar-refractivity contribution in [3.63, 3.8) is 0 Å². The number of carbonyl (C=O) groups is 2. The van der Waals surface area contributed by atoms with Gasteiger partial charge in [0, 0.05) is 22.1 Å². The number of ether oxygens (including phenoxy) is 2. The number of aromatic nitrogens is 1. The van der Waals surface area contributed by atoms with Crippen LogP contribution in [0, 0.1) is 0 Å². The van der Waals surface area contributed by atoms with Crippen LogP contribution in [-0.2, 0) is 16.0 Å². The zero-order valence-electron chi connectivity index (χ0n) is 21.5. The van der Waals surface area contributed by atoms with E-state index in [-0.39, 0.29) is 5.56 Å². The van der Waals surface area contributed by atoms with Gasteiger partial charge in [-0.3, -0.25) is 0 Å². The van der Waals surface area contributed by atoms with Crippen LogP contribution in [0.25, 0.3) is 33.3 Å². The lowest BCUT2D eigenvalue weighted by molar-refractivity contribution is -0.160. The van der Waals surface area contributed by atoms with Gasteiger partial charge in [-0.2, -0.15) is 0 Å². The molecule has 5 rings (SSSR count). The van der Waals surface area contributed by atoms with Gasteiger partial charge in [0.25, 0.3) is 0 Å². The SMILES string of the molecule is CC(C)(C)OC(C(=O)O)c1c(-c2ccc3c(c2)CCCO3)nc(-c2cccc(C(=O)O)c2)c2ccccc12. The van der Waals surface area contributed by atoms with Crippen LogP contribution < -0.4 is 4.74 Å². The molecule has 1 atom stereocenters. The Morgan fingerprint density at radius 2 is 1.66 bits per heavy atom. The van der Waals surface area contributed by atoms with Gasteiger partial charge in [0.1, 0.15) is 5.75 Å². The molecule has 2 heterocycles. The molecule has 1 unspecified atom stereocenters. The van der Waals surface area contributed by atoms with Crippen LogP contribution >= 0.6 is 0 Å². The fourth-order valence-electron chi connectivity index (χ4n) is 4.88.